The Morgan fingerprint density at radius 3 is 3.04 bits per heavy atom. The van der Waals surface area contributed by atoms with Gasteiger partial charge >= 0.3 is 0 Å². The lowest BCUT2D eigenvalue weighted by Gasteiger charge is -2.42. The van der Waals surface area contributed by atoms with Crippen molar-refractivity contribution in [3.8, 4) is 0 Å². The predicted octanol–water partition coefficient (Wildman–Crippen LogP) is 0.686. The summed E-state index contributed by atoms with van der Waals surface area (Å²) in [5, 5.41) is 4.89. The number of carbonyl (C=O) groups is 2. The number of hydrogen-bond donors (Lipinski definition) is 2. The number of rotatable bonds is 3. The topological polar surface area (TPSA) is 90.7 Å². The van der Waals surface area contributed by atoms with Gasteiger partial charge in [0.2, 0.25) is 11.8 Å². The fourth-order valence-corrected chi connectivity index (χ4v) is 4.84. The molecule has 1 saturated carbocycles. The first-order valence-electron chi connectivity index (χ1n) is 10.1. The molecule has 2 aliphatic heterocycles. The maximum absolute atomic E-state index is 12.8. The number of nitrogens with one attached hydrogen (secondary N) is 2. The first kappa shape index (κ1) is 17.6. The Balaban J connectivity index is 1.21. The number of nitrogens with zero attached hydrogens (tertiary/aromatic N) is 3. The molecule has 2 amide bonds. The molecule has 2 saturated heterocycles. The molecule has 0 bridgehead atoms. The van der Waals surface area contributed by atoms with E-state index in [-0.39, 0.29) is 30.8 Å². The van der Waals surface area contributed by atoms with Crippen LogP contribution in [0.2, 0.25) is 0 Å². The van der Waals surface area contributed by atoms with E-state index in [1.807, 2.05) is 29.2 Å². The van der Waals surface area contributed by atoms with Gasteiger partial charge in [-0.2, -0.15) is 0 Å². The van der Waals surface area contributed by atoms with Crippen LogP contribution < -0.4 is 10.9 Å². The highest BCUT2D eigenvalue weighted by Gasteiger charge is 2.39. The lowest BCUT2D eigenvalue weighted by Crippen LogP contribution is -2.57. The van der Waals surface area contributed by atoms with E-state index in [1.165, 1.54) is 0 Å². The minimum Gasteiger partial charge on any atom is -0.356 e. The van der Waals surface area contributed by atoms with Gasteiger partial charge in [-0.3, -0.25) is 20.4 Å². The zero-order chi connectivity index (χ0) is 19.1. The number of hydrazine groups is 1. The number of fused-ring (bicyclic) bond motifs is 2. The van der Waals surface area contributed by atoms with E-state index in [4.69, 9.17) is 4.52 Å². The van der Waals surface area contributed by atoms with Gasteiger partial charge in [0.05, 0.1) is 13.0 Å². The van der Waals surface area contributed by atoms with Crippen molar-refractivity contribution >= 4 is 22.8 Å². The second-order valence-corrected chi connectivity index (χ2v) is 8.06. The first-order valence-corrected chi connectivity index (χ1v) is 10.1. The van der Waals surface area contributed by atoms with Gasteiger partial charge in [-0.15, -0.1) is 0 Å². The molecule has 28 heavy (non-hydrogen) atoms. The van der Waals surface area contributed by atoms with Crippen LogP contribution in [0.5, 0.6) is 0 Å². The van der Waals surface area contributed by atoms with Crippen LogP contribution in [0.3, 0.4) is 0 Å². The largest absolute Gasteiger partial charge is 0.356 e. The molecular formula is C20H25N5O3. The third kappa shape index (κ3) is 3.16. The van der Waals surface area contributed by atoms with Gasteiger partial charge in [0, 0.05) is 37.1 Å². The van der Waals surface area contributed by atoms with Crippen molar-refractivity contribution in [2.45, 2.75) is 37.8 Å². The Morgan fingerprint density at radius 2 is 2.14 bits per heavy atom. The van der Waals surface area contributed by atoms with Gasteiger partial charge in [0.1, 0.15) is 5.69 Å². The number of para-hydroxylation sites is 1. The maximum Gasteiger partial charge on any atom is 0.242 e. The van der Waals surface area contributed by atoms with Crippen molar-refractivity contribution in [2.24, 2.45) is 5.92 Å². The molecule has 2 aromatic rings. The van der Waals surface area contributed by atoms with Gasteiger partial charge < -0.3 is 14.3 Å². The van der Waals surface area contributed by atoms with Crippen LogP contribution in [0, 0.1) is 5.92 Å². The summed E-state index contributed by atoms with van der Waals surface area (Å²) in [7, 11) is 0. The molecule has 2 N–H and O–H groups in total. The first-order chi connectivity index (χ1) is 13.7. The monoisotopic (exact) mass is 383 g/mol. The zero-order valence-corrected chi connectivity index (χ0v) is 15.8. The number of hydrogen-bond acceptors (Lipinski definition) is 6. The summed E-state index contributed by atoms with van der Waals surface area (Å²) in [5.41, 5.74) is 7.89. The van der Waals surface area contributed by atoms with E-state index in [2.05, 4.69) is 16.0 Å². The minimum atomic E-state index is -0.0718. The summed E-state index contributed by atoms with van der Waals surface area (Å²) in [5.74, 6) is 0.655. The minimum absolute atomic E-state index is 0.0546. The number of carbonyl (C=O) groups excluding carboxylic acids is 2. The molecule has 1 aliphatic carbocycles. The average Bonchev–Trinajstić information content (AvgIpc) is 3.34. The van der Waals surface area contributed by atoms with Crippen molar-refractivity contribution in [1.29, 1.82) is 0 Å². The third-order valence-corrected chi connectivity index (χ3v) is 6.44. The number of piperazine rings is 1. The molecule has 3 fully saturated rings. The van der Waals surface area contributed by atoms with Gasteiger partial charge in [-0.05, 0) is 37.3 Å². The van der Waals surface area contributed by atoms with Crippen molar-refractivity contribution in [1.82, 2.24) is 25.8 Å². The SMILES string of the molecule is O=C(Cc1noc2ccccc12)N1CCN(C2CCC3CNNC3C2)C(=O)C1. The summed E-state index contributed by atoms with van der Waals surface area (Å²) in [6, 6.07) is 8.24. The molecule has 1 aromatic carbocycles. The Kier molecular flexibility index (Phi) is 4.52. The van der Waals surface area contributed by atoms with Crippen LogP contribution in [0.1, 0.15) is 25.0 Å². The van der Waals surface area contributed by atoms with Crippen molar-refractivity contribution in [3.63, 3.8) is 0 Å². The van der Waals surface area contributed by atoms with Crippen molar-refractivity contribution in [2.75, 3.05) is 26.2 Å². The molecule has 3 atom stereocenters. The molecule has 3 heterocycles. The predicted molar refractivity (Wildman–Crippen MR) is 102 cm³/mol. The normalized spacial score (nSPS) is 28.0. The molecule has 1 aromatic heterocycles. The van der Waals surface area contributed by atoms with Crippen LogP contribution in [0.15, 0.2) is 28.8 Å². The second kappa shape index (κ2) is 7.18. The fraction of sp³-hybridized carbons (Fsp3) is 0.550. The van der Waals surface area contributed by atoms with Crippen molar-refractivity contribution in [3.05, 3.63) is 30.0 Å². The molecule has 0 spiro atoms. The van der Waals surface area contributed by atoms with Crippen molar-refractivity contribution < 1.29 is 14.1 Å². The molecule has 148 valence electrons. The van der Waals surface area contributed by atoms with E-state index in [0.717, 1.165) is 31.2 Å². The number of benzene rings is 1. The number of amides is 2. The third-order valence-electron chi connectivity index (χ3n) is 6.44. The second-order valence-electron chi connectivity index (χ2n) is 8.06. The molecule has 8 nitrogen and oxygen atoms in total. The van der Waals surface area contributed by atoms with Crippen LogP contribution in [-0.4, -0.2) is 65.0 Å². The Morgan fingerprint density at radius 1 is 1.25 bits per heavy atom. The molecule has 3 unspecified atom stereocenters. The van der Waals surface area contributed by atoms with E-state index in [0.29, 0.717) is 36.3 Å². The summed E-state index contributed by atoms with van der Waals surface area (Å²) in [4.78, 5) is 29.2. The van der Waals surface area contributed by atoms with E-state index in [9.17, 15) is 9.59 Å². The lowest BCUT2D eigenvalue weighted by atomic mass is 9.82. The standard InChI is InChI=1S/C20H25N5O3/c26-19(10-17-15-3-1-2-4-18(15)28-23-17)24-7-8-25(20(27)12-24)14-6-5-13-11-21-22-16(13)9-14/h1-4,13-14,16,21-22H,5-12H2. The highest BCUT2D eigenvalue weighted by molar-refractivity contribution is 5.89. The Labute approximate surface area is 163 Å². The van der Waals surface area contributed by atoms with Gasteiger partial charge in [0.25, 0.3) is 0 Å². The van der Waals surface area contributed by atoms with E-state index >= 15 is 0 Å². The maximum atomic E-state index is 12.8. The van der Waals surface area contributed by atoms with Gasteiger partial charge in [-0.25, -0.2) is 0 Å². The van der Waals surface area contributed by atoms with Gasteiger partial charge in [0.15, 0.2) is 5.58 Å². The fourth-order valence-electron chi connectivity index (χ4n) is 4.84. The lowest BCUT2D eigenvalue weighted by molar-refractivity contribution is -0.147. The summed E-state index contributed by atoms with van der Waals surface area (Å²) >= 11 is 0. The highest BCUT2D eigenvalue weighted by Crippen LogP contribution is 2.30. The summed E-state index contributed by atoms with van der Waals surface area (Å²) < 4.78 is 5.28. The average molecular weight is 383 g/mol. The van der Waals surface area contributed by atoms with Crippen LogP contribution in [0.4, 0.5) is 0 Å². The van der Waals surface area contributed by atoms with E-state index in [1.54, 1.807) is 4.90 Å². The highest BCUT2D eigenvalue weighted by atomic mass is 16.5. The van der Waals surface area contributed by atoms with Crippen LogP contribution in [-0.2, 0) is 16.0 Å². The summed E-state index contributed by atoms with van der Waals surface area (Å²) in [6.45, 7) is 2.37. The van der Waals surface area contributed by atoms with Crippen LogP contribution >= 0.6 is 0 Å². The quantitative estimate of drug-likeness (QED) is 0.810. The number of aromatic nitrogens is 1. The molecule has 0 radical (unpaired) electrons. The molecule has 5 rings (SSSR count). The smallest absolute Gasteiger partial charge is 0.242 e. The Hall–Kier alpha value is -2.45. The molecule has 8 heteroatoms. The molecular weight excluding hydrogens is 358 g/mol. The summed E-state index contributed by atoms with van der Waals surface area (Å²) in [6.07, 6.45) is 3.34. The van der Waals surface area contributed by atoms with Crippen LogP contribution in [0.25, 0.3) is 11.0 Å². The van der Waals surface area contributed by atoms with E-state index < -0.39 is 0 Å². The van der Waals surface area contributed by atoms with Gasteiger partial charge in [-0.1, -0.05) is 17.3 Å². The molecule has 3 aliphatic rings. The zero-order valence-electron chi connectivity index (χ0n) is 15.8. The Bertz CT molecular complexity index is 897.